The van der Waals surface area contributed by atoms with Crippen molar-refractivity contribution in [1.29, 1.82) is 0 Å². The summed E-state index contributed by atoms with van der Waals surface area (Å²) in [6.07, 6.45) is 1.59. The molecule has 0 fully saturated rings. The number of methoxy groups -OCH3 is 3. The van der Waals surface area contributed by atoms with E-state index < -0.39 is 0 Å². The van der Waals surface area contributed by atoms with Crippen LogP contribution >= 0.6 is 0 Å². The fourth-order valence-corrected chi connectivity index (χ4v) is 3.13. The molecule has 0 aliphatic heterocycles. The number of ether oxygens (including phenoxy) is 3. The fourth-order valence-electron chi connectivity index (χ4n) is 3.13. The summed E-state index contributed by atoms with van der Waals surface area (Å²) in [7, 11) is 4.55. The first kappa shape index (κ1) is 23.8. The van der Waals surface area contributed by atoms with Crippen LogP contribution in [0.4, 0.5) is 0 Å². The Labute approximate surface area is 183 Å². The van der Waals surface area contributed by atoms with E-state index in [1.54, 1.807) is 35.2 Å². The molecule has 2 aromatic rings. The van der Waals surface area contributed by atoms with Crippen molar-refractivity contribution in [1.82, 2.24) is 10.2 Å². The van der Waals surface area contributed by atoms with Crippen molar-refractivity contribution >= 4 is 17.9 Å². The minimum Gasteiger partial charge on any atom is -0.493 e. The number of likely N-dealkylation sites (N-methyl/N-ethyl adjacent to an activating group) is 1. The molecule has 0 saturated carbocycles. The van der Waals surface area contributed by atoms with E-state index in [-0.39, 0.29) is 17.5 Å². The van der Waals surface area contributed by atoms with Gasteiger partial charge in [-0.25, -0.2) is 0 Å². The lowest BCUT2D eigenvalue weighted by atomic mass is 10.1. The summed E-state index contributed by atoms with van der Waals surface area (Å²) in [6.45, 7) is 6.74. The summed E-state index contributed by atoms with van der Waals surface area (Å²) in [6, 6.07) is 10.6. The number of aryl methyl sites for hydroxylation is 1. The van der Waals surface area contributed by atoms with E-state index in [0.29, 0.717) is 41.5 Å². The zero-order valence-corrected chi connectivity index (χ0v) is 18.9. The molecule has 0 aliphatic carbocycles. The van der Waals surface area contributed by atoms with Crippen LogP contribution in [0.15, 0.2) is 42.1 Å². The number of rotatable bonds is 9. The molecule has 2 aromatic carbocycles. The van der Waals surface area contributed by atoms with Crippen LogP contribution < -0.4 is 19.5 Å². The van der Waals surface area contributed by atoms with Crippen molar-refractivity contribution < 1.29 is 23.8 Å². The number of hydrogen-bond acceptors (Lipinski definition) is 5. The summed E-state index contributed by atoms with van der Waals surface area (Å²) in [5.41, 5.74) is 2.21. The number of nitrogens with zero attached hydrogens (tertiary/aromatic N) is 1. The quantitative estimate of drug-likeness (QED) is 0.619. The van der Waals surface area contributed by atoms with Crippen molar-refractivity contribution in [3.63, 3.8) is 0 Å². The molecule has 0 aliphatic rings. The number of nitrogens with one attached hydrogen (secondary N) is 1. The van der Waals surface area contributed by atoms with Gasteiger partial charge in [-0.05, 0) is 51.1 Å². The molecule has 0 saturated heterocycles. The topological polar surface area (TPSA) is 77.1 Å². The first-order valence-corrected chi connectivity index (χ1v) is 10.1. The minimum absolute atomic E-state index is 0.139. The van der Waals surface area contributed by atoms with Gasteiger partial charge in [0.1, 0.15) is 5.70 Å². The van der Waals surface area contributed by atoms with Gasteiger partial charge in [-0.1, -0.05) is 17.7 Å². The molecular formula is C24H30N2O5. The standard InChI is InChI=1S/C24H30N2O5/c1-7-26(8-2)24(28)19(25-23(27)17-11-9-16(3)10-12-17)15-18-13-14-20(29-4)22(31-6)21(18)30-5/h9-15H,7-8H2,1-6H3,(H,25,27)/b19-15-. The van der Waals surface area contributed by atoms with Gasteiger partial charge < -0.3 is 24.4 Å². The third kappa shape index (κ3) is 5.57. The van der Waals surface area contributed by atoms with Crippen LogP contribution in [0.25, 0.3) is 6.08 Å². The van der Waals surface area contributed by atoms with Crippen LogP contribution in [-0.2, 0) is 4.79 Å². The predicted molar refractivity (Wildman–Crippen MR) is 121 cm³/mol. The van der Waals surface area contributed by atoms with E-state index in [0.717, 1.165) is 5.56 Å². The molecule has 0 bridgehead atoms. The molecule has 0 aromatic heterocycles. The van der Waals surface area contributed by atoms with Crippen LogP contribution in [0.1, 0.15) is 35.3 Å². The van der Waals surface area contributed by atoms with E-state index in [2.05, 4.69) is 5.32 Å². The lowest BCUT2D eigenvalue weighted by molar-refractivity contribution is -0.127. The summed E-state index contributed by atoms with van der Waals surface area (Å²) >= 11 is 0. The molecule has 0 spiro atoms. The molecule has 2 rings (SSSR count). The molecule has 2 amide bonds. The number of carbonyl (C=O) groups excluding carboxylic acids is 2. The highest BCUT2D eigenvalue weighted by Crippen LogP contribution is 2.40. The average Bonchev–Trinajstić information content (AvgIpc) is 2.79. The second kappa shape index (κ2) is 11.1. The Hall–Kier alpha value is -3.48. The van der Waals surface area contributed by atoms with E-state index in [4.69, 9.17) is 14.2 Å². The van der Waals surface area contributed by atoms with Gasteiger partial charge in [0, 0.05) is 24.2 Å². The lowest BCUT2D eigenvalue weighted by Crippen LogP contribution is -2.38. The second-order valence-corrected chi connectivity index (χ2v) is 6.78. The number of carbonyl (C=O) groups is 2. The Kier molecular flexibility index (Phi) is 8.49. The summed E-state index contributed by atoms with van der Waals surface area (Å²) < 4.78 is 16.3. The molecule has 31 heavy (non-hydrogen) atoms. The lowest BCUT2D eigenvalue weighted by Gasteiger charge is -2.21. The maximum atomic E-state index is 13.2. The highest BCUT2D eigenvalue weighted by atomic mass is 16.5. The molecular weight excluding hydrogens is 396 g/mol. The zero-order chi connectivity index (χ0) is 23.0. The van der Waals surface area contributed by atoms with Gasteiger partial charge in [-0.2, -0.15) is 0 Å². The maximum Gasteiger partial charge on any atom is 0.270 e. The third-order valence-corrected chi connectivity index (χ3v) is 4.88. The van der Waals surface area contributed by atoms with Crippen molar-refractivity contribution in [3.05, 3.63) is 58.8 Å². The van der Waals surface area contributed by atoms with Gasteiger partial charge in [0.2, 0.25) is 5.75 Å². The molecule has 0 unspecified atom stereocenters. The average molecular weight is 427 g/mol. The van der Waals surface area contributed by atoms with Crippen LogP contribution in [0.5, 0.6) is 17.2 Å². The number of benzene rings is 2. The fraction of sp³-hybridized carbons (Fsp3) is 0.333. The Balaban J connectivity index is 2.54. The first-order chi connectivity index (χ1) is 14.9. The minimum atomic E-state index is -0.369. The van der Waals surface area contributed by atoms with Gasteiger partial charge in [0.25, 0.3) is 11.8 Å². The first-order valence-electron chi connectivity index (χ1n) is 10.1. The van der Waals surface area contributed by atoms with E-state index in [9.17, 15) is 9.59 Å². The van der Waals surface area contributed by atoms with Crippen molar-refractivity contribution in [2.45, 2.75) is 20.8 Å². The highest BCUT2D eigenvalue weighted by Gasteiger charge is 2.21. The van der Waals surface area contributed by atoms with Gasteiger partial charge in [0.15, 0.2) is 11.5 Å². The molecule has 7 heteroatoms. The van der Waals surface area contributed by atoms with Gasteiger partial charge in [0.05, 0.1) is 21.3 Å². The second-order valence-electron chi connectivity index (χ2n) is 6.78. The maximum absolute atomic E-state index is 13.2. The van der Waals surface area contributed by atoms with Gasteiger partial charge in [-0.15, -0.1) is 0 Å². The Bertz CT molecular complexity index is 947. The van der Waals surface area contributed by atoms with Crippen molar-refractivity contribution in [3.8, 4) is 17.2 Å². The smallest absolute Gasteiger partial charge is 0.270 e. The normalized spacial score (nSPS) is 11.0. The van der Waals surface area contributed by atoms with Gasteiger partial charge in [-0.3, -0.25) is 9.59 Å². The Morgan fingerprint density at radius 2 is 1.52 bits per heavy atom. The Morgan fingerprint density at radius 3 is 2.03 bits per heavy atom. The van der Waals surface area contributed by atoms with Crippen molar-refractivity contribution in [2.24, 2.45) is 0 Å². The highest BCUT2D eigenvalue weighted by molar-refractivity contribution is 6.05. The van der Waals surface area contributed by atoms with Crippen LogP contribution in [0, 0.1) is 6.92 Å². The van der Waals surface area contributed by atoms with Crippen molar-refractivity contribution in [2.75, 3.05) is 34.4 Å². The van der Waals surface area contributed by atoms with Crippen LogP contribution in [0.3, 0.4) is 0 Å². The molecule has 0 radical (unpaired) electrons. The van der Waals surface area contributed by atoms with E-state index >= 15 is 0 Å². The summed E-state index contributed by atoms with van der Waals surface area (Å²) in [5.74, 6) is 0.639. The van der Waals surface area contributed by atoms with Crippen LogP contribution in [-0.4, -0.2) is 51.1 Å². The molecule has 1 N–H and O–H groups in total. The van der Waals surface area contributed by atoms with E-state index in [1.165, 1.54) is 21.3 Å². The monoisotopic (exact) mass is 426 g/mol. The Morgan fingerprint density at radius 1 is 0.903 bits per heavy atom. The predicted octanol–water partition coefficient (Wildman–Crippen LogP) is 3.66. The molecule has 0 atom stereocenters. The summed E-state index contributed by atoms with van der Waals surface area (Å²) in [5, 5.41) is 2.77. The molecule has 166 valence electrons. The largest absolute Gasteiger partial charge is 0.493 e. The summed E-state index contributed by atoms with van der Waals surface area (Å²) in [4.78, 5) is 27.6. The third-order valence-electron chi connectivity index (χ3n) is 4.88. The zero-order valence-electron chi connectivity index (χ0n) is 18.9. The van der Waals surface area contributed by atoms with E-state index in [1.807, 2.05) is 32.9 Å². The molecule has 0 heterocycles. The number of amides is 2. The molecule has 7 nitrogen and oxygen atoms in total. The number of hydrogen-bond donors (Lipinski definition) is 1. The van der Waals surface area contributed by atoms with Crippen LogP contribution in [0.2, 0.25) is 0 Å². The SMILES string of the molecule is CCN(CC)C(=O)/C(=C/c1ccc(OC)c(OC)c1OC)NC(=O)c1ccc(C)cc1. The van der Waals surface area contributed by atoms with Gasteiger partial charge >= 0.3 is 0 Å².